The molecule has 2 N–H and O–H groups in total. The van der Waals surface area contributed by atoms with E-state index in [-0.39, 0.29) is 13.2 Å². The molecule has 0 unspecified atom stereocenters. The van der Waals surface area contributed by atoms with Crippen molar-refractivity contribution in [1.82, 2.24) is 4.81 Å². The Bertz CT molecular complexity index is 102. The highest BCUT2D eigenvalue weighted by molar-refractivity contribution is 6.45. The largest absolute Gasteiger partial charge is 0.437 e. The van der Waals surface area contributed by atoms with Gasteiger partial charge in [0.05, 0.1) is 6.10 Å². The van der Waals surface area contributed by atoms with E-state index in [2.05, 4.69) is 0 Å². The fourth-order valence-electron chi connectivity index (χ4n) is 1.26. The monoisotopic (exact) mass is 143 g/mol. The number of piperidine rings is 1. The summed E-state index contributed by atoms with van der Waals surface area (Å²) in [5, 5.41) is 18.2. The van der Waals surface area contributed by atoms with E-state index >= 15 is 0 Å². The zero-order chi connectivity index (χ0) is 7.56. The van der Waals surface area contributed by atoms with E-state index in [9.17, 15) is 0 Å². The number of aliphatic hydroxyl groups is 1. The van der Waals surface area contributed by atoms with E-state index in [1.807, 2.05) is 4.81 Å². The normalized spacial score (nSPS) is 23.1. The third-order valence-corrected chi connectivity index (χ3v) is 2.03. The van der Waals surface area contributed by atoms with E-state index in [1.54, 1.807) is 6.82 Å². The molecule has 1 saturated heterocycles. The van der Waals surface area contributed by atoms with E-state index in [0.717, 1.165) is 25.9 Å². The lowest BCUT2D eigenvalue weighted by atomic mass is 9.82. The maximum Gasteiger partial charge on any atom is 0.376 e. The molecule has 0 atom stereocenters. The van der Waals surface area contributed by atoms with Crippen LogP contribution in [0.5, 0.6) is 0 Å². The Labute approximate surface area is 61.8 Å². The summed E-state index contributed by atoms with van der Waals surface area (Å²) in [6.07, 6.45) is 1.45. The van der Waals surface area contributed by atoms with Crippen molar-refractivity contribution in [3.63, 3.8) is 0 Å². The molecule has 1 rings (SSSR count). The van der Waals surface area contributed by atoms with Crippen molar-refractivity contribution in [2.45, 2.75) is 25.8 Å². The molecule has 0 aromatic heterocycles. The molecule has 0 spiro atoms. The minimum absolute atomic E-state index is 0.144. The summed E-state index contributed by atoms with van der Waals surface area (Å²) in [6.45, 7) is 3.40. The van der Waals surface area contributed by atoms with Gasteiger partial charge in [0.15, 0.2) is 0 Å². The molecule has 1 aliphatic heterocycles. The van der Waals surface area contributed by atoms with Crippen LogP contribution < -0.4 is 0 Å². The van der Waals surface area contributed by atoms with E-state index in [4.69, 9.17) is 10.1 Å². The van der Waals surface area contributed by atoms with Crippen LogP contribution in [0.3, 0.4) is 0 Å². The summed E-state index contributed by atoms with van der Waals surface area (Å²) in [5.41, 5.74) is 0. The highest BCUT2D eigenvalue weighted by Crippen LogP contribution is 2.09. The molecule has 1 heterocycles. The van der Waals surface area contributed by atoms with Crippen molar-refractivity contribution >= 4 is 7.05 Å². The number of rotatable bonds is 1. The standard InChI is InChI=1S/C6H14BNO2/c1-7(10)8-4-2-6(9)3-5-8/h6,9-10H,2-5H2,1H3. The molecule has 1 fully saturated rings. The van der Waals surface area contributed by atoms with Crippen molar-refractivity contribution in [3.8, 4) is 0 Å². The zero-order valence-corrected chi connectivity index (χ0v) is 6.32. The van der Waals surface area contributed by atoms with E-state index in [1.165, 1.54) is 0 Å². The van der Waals surface area contributed by atoms with Crippen molar-refractivity contribution in [1.29, 1.82) is 0 Å². The lowest BCUT2D eigenvalue weighted by molar-refractivity contribution is 0.107. The van der Waals surface area contributed by atoms with Crippen LogP contribution in [-0.2, 0) is 0 Å². The van der Waals surface area contributed by atoms with E-state index < -0.39 is 0 Å². The molecular formula is C6H14BNO2. The molecule has 4 heteroatoms. The lowest BCUT2D eigenvalue weighted by Crippen LogP contribution is -2.44. The molecule has 0 aliphatic carbocycles. The number of aliphatic hydroxyl groups excluding tert-OH is 1. The predicted octanol–water partition coefficient (Wildman–Crippen LogP) is -0.447. The zero-order valence-electron chi connectivity index (χ0n) is 6.32. The SMILES string of the molecule is CB(O)N1CCC(O)CC1. The average Bonchev–Trinajstić information content (AvgIpc) is 1.88. The van der Waals surface area contributed by atoms with Gasteiger partial charge in [-0.2, -0.15) is 0 Å². The minimum Gasteiger partial charge on any atom is -0.437 e. The summed E-state index contributed by atoms with van der Waals surface area (Å²) < 4.78 is 0. The summed E-state index contributed by atoms with van der Waals surface area (Å²) in [6, 6.07) is 0. The molecule has 0 radical (unpaired) electrons. The van der Waals surface area contributed by atoms with Crippen molar-refractivity contribution in [2.24, 2.45) is 0 Å². The molecule has 0 aromatic rings. The fourth-order valence-corrected chi connectivity index (χ4v) is 1.26. The molecule has 0 saturated carbocycles. The molecule has 1 aliphatic rings. The van der Waals surface area contributed by atoms with Crippen molar-refractivity contribution in [2.75, 3.05) is 13.1 Å². The van der Waals surface area contributed by atoms with Crippen molar-refractivity contribution in [3.05, 3.63) is 0 Å². The Morgan fingerprint density at radius 2 is 1.90 bits per heavy atom. The smallest absolute Gasteiger partial charge is 0.376 e. The van der Waals surface area contributed by atoms with Crippen LogP contribution in [0.4, 0.5) is 0 Å². The minimum atomic E-state index is -0.354. The highest BCUT2D eigenvalue weighted by Gasteiger charge is 2.21. The third kappa shape index (κ3) is 1.97. The van der Waals surface area contributed by atoms with Crippen LogP contribution in [0.15, 0.2) is 0 Å². The van der Waals surface area contributed by atoms with Gasteiger partial charge in [-0.05, 0) is 32.8 Å². The Hall–Kier alpha value is -0.0551. The maximum absolute atomic E-state index is 9.11. The number of hydrogen-bond donors (Lipinski definition) is 2. The Kier molecular flexibility index (Phi) is 2.71. The van der Waals surface area contributed by atoms with Crippen LogP contribution in [0, 0.1) is 0 Å². The highest BCUT2D eigenvalue weighted by atomic mass is 16.3. The summed E-state index contributed by atoms with van der Waals surface area (Å²) in [4.78, 5) is 1.96. The van der Waals surface area contributed by atoms with Gasteiger partial charge in [-0.15, -0.1) is 0 Å². The van der Waals surface area contributed by atoms with Crippen LogP contribution in [0.25, 0.3) is 0 Å². The second-order valence-corrected chi connectivity index (χ2v) is 2.90. The topological polar surface area (TPSA) is 43.7 Å². The Morgan fingerprint density at radius 1 is 1.40 bits per heavy atom. The van der Waals surface area contributed by atoms with E-state index in [0.29, 0.717) is 0 Å². The molecule has 0 amide bonds. The number of nitrogens with zero attached hydrogens (tertiary/aromatic N) is 1. The fraction of sp³-hybridized carbons (Fsp3) is 1.00. The first-order chi connectivity index (χ1) is 4.70. The van der Waals surface area contributed by atoms with Crippen LogP contribution >= 0.6 is 0 Å². The Balaban J connectivity index is 2.26. The molecule has 58 valence electrons. The summed E-state index contributed by atoms with van der Waals surface area (Å²) in [7, 11) is -0.354. The first kappa shape index (κ1) is 8.05. The maximum atomic E-state index is 9.11. The lowest BCUT2D eigenvalue weighted by Gasteiger charge is -2.29. The van der Waals surface area contributed by atoms with Crippen LogP contribution in [-0.4, -0.2) is 41.2 Å². The second-order valence-electron chi connectivity index (χ2n) is 2.90. The molecular weight excluding hydrogens is 129 g/mol. The molecule has 0 bridgehead atoms. The van der Waals surface area contributed by atoms with Crippen LogP contribution in [0.2, 0.25) is 6.82 Å². The van der Waals surface area contributed by atoms with Crippen LogP contribution in [0.1, 0.15) is 12.8 Å². The van der Waals surface area contributed by atoms with Gasteiger partial charge in [0, 0.05) is 0 Å². The summed E-state index contributed by atoms with van der Waals surface area (Å²) >= 11 is 0. The summed E-state index contributed by atoms with van der Waals surface area (Å²) in [5.74, 6) is 0. The first-order valence-electron chi connectivity index (χ1n) is 3.80. The third-order valence-electron chi connectivity index (χ3n) is 2.03. The van der Waals surface area contributed by atoms with Gasteiger partial charge in [-0.25, -0.2) is 0 Å². The van der Waals surface area contributed by atoms with Gasteiger partial charge in [0.2, 0.25) is 0 Å². The van der Waals surface area contributed by atoms with Gasteiger partial charge in [0.25, 0.3) is 0 Å². The average molecular weight is 143 g/mol. The van der Waals surface area contributed by atoms with Gasteiger partial charge in [0.1, 0.15) is 0 Å². The van der Waals surface area contributed by atoms with Gasteiger partial charge >= 0.3 is 7.05 Å². The quantitative estimate of drug-likeness (QED) is 0.488. The predicted molar refractivity (Wildman–Crippen MR) is 40.7 cm³/mol. The first-order valence-corrected chi connectivity index (χ1v) is 3.80. The molecule has 0 aromatic carbocycles. The van der Waals surface area contributed by atoms with Crippen molar-refractivity contribution < 1.29 is 10.1 Å². The Morgan fingerprint density at radius 3 is 2.30 bits per heavy atom. The van der Waals surface area contributed by atoms with Gasteiger partial charge in [-0.3, -0.25) is 0 Å². The number of hydrogen-bond acceptors (Lipinski definition) is 3. The van der Waals surface area contributed by atoms with Gasteiger partial charge < -0.3 is 14.9 Å². The second kappa shape index (κ2) is 3.37. The molecule has 10 heavy (non-hydrogen) atoms. The van der Waals surface area contributed by atoms with Gasteiger partial charge in [-0.1, -0.05) is 0 Å². The molecule has 3 nitrogen and oxygen atoms in total.